The van der Waals surface area contributed by atoms with Gasteiger partial charge in [0.2, 0.25) is 0 Å². The molecule has 0 aliphatic heterocycles. The highest BCUT2D eigenvalue weighted by Gasteiger charge is 2.03. The van der Waals surface area contributed by atoms with Gasteiger partial charge in [-0.05, 0) is 52.6 Å². The summed E-state index contributed by atoms with van der Waals surface area (Å²) < 4.78 is 1.14. The van der Waals surface area contributed by atoms with E-state index in [1.165, 1.54) is 11.8 Å². The van der Waals surface area contributed by atoms with Crippen molar-refractivity contribution >= 4 is 40.0 Å². The van der Waals surface area contributed by atoms with Crippen LogP contribution in [0.15, 0.2) is 40.6 Å². The van der Waals surface area contributed by atoms with Crippen LogP contribution >= 0.6 is 34.4 Å². The lowest BCUT2D eigenvalue weighted by Gasteiger charge is -2.02. The molecular formula is C9H8IN3S. The minimum atomic E-state index is 0.790. The normalized spacial score (nSPS) is 10.4. The number of nitrogens with zero attached hydrogens (tertiary/aromatic N) is 1. The van der Waals surface area contributed by atoms with Crippen molar-refractivity contribution in [1.29, 1.82) is 0 Å². The molecule has 0 saturated carbocycles. The SMILES string of the molecule is Nc1cc(I)ccc1Sc1ncc[nH]1. The summed E-state index contributed by atoms with van der Waals surface area (Å²) in [5, 5.41) is 0.859. The van der Waals surface area contributed by atoms with Crippen molar-refractivity contribution in [2.24, 2.45) is 0 Å². The second-order valence-corrected chi connectivity index (χ2v) is 4.95. The summed E-state index contributed by atoms with van der Waals surface area (Å²) in [6.07, 6.45) is 3.52. The number of benzene rings is 1. The molecule has 0 radical (unpaired) electrons. The molecule has 0 bridgehead atoms. The second-order valence-electron chi connectivity index (χ2n) is 2.68. The Kier molecular flexibility index (Phi) is 2.97. The molecule has 1 aromatic heterocycles. The summed E-state index contributed by atoms with van der Waals surface area (Å²) in [5.74, 6) is 0. The zero-order chi connectivity index (χ0) is 9.97. The molecule has 0 unspecified atom stereocenters. The topological polar surface area (TPSA) is 54.7 Å². The Bertz CT molecular complexity index is 428. The molecule has 3 N–H and O–H groups in total. The molecule has 3 nitrogen and oxygen atoms in total. The molecule has 1 aromatic carbocycles. The predicted molar refractivity (Wildman–Crippen MR) is 66.3 cm³/mol. The predicted octanol–water partition coefficient (Wildman–Crippen LogP) is 2.75. The highest BCUT2D eigenvalue weighted by atomic mass is 127. The van der Waals surface area contributed by atoms with Gasteiger partial charge in [-0.25, -0.2) is 4.98 Å². The molecule has 14 heavy (non-hydrogen) atoms. The van der Waals surface area contributed by atoms with Crippen molar-refractivity contribution < 1.29 is 0 Å². The first-order chi connectivity index (χ1) is 6.75. The van der Waals surface area contributed by atoms with Gasteiger partial charge in [0.1, 0.15) is 0 Å². The van der Waals surface area contributed by atoms with Gasteiger partial charge >= 0.3 is 0 Å². The Hall–Kier alpha value is -0.690. The minimum absolute atomic E-state index is 0.790. The summed E-state index contributed by atoms with van der Waals surface area (Å²) >= 11 is 3.77. The van der Waals surface area contributed by atoms with Gasteiger partial charge in [0.05, 0.1) is 0 Å². The number of aromatic nitrogens is 2. The first-order valence-electron chi connectivity index (χ1n) is 3.98. The molecular weight excluding hydrogens is 309 g/mol. The standard InChI is InChI=1S/C9H8IN3S/c10-6-1-2-8(7(11)5-6)14-9-12-3-4-13-9/h1-5H,11H2,(H,12,13). The molecule has 0 fully saturated rings. The van der Waals surface area contributed by atoms with E-state index in [1.807, 2.05) is 18.2 Å². The largest absolute Gasteiger partial charge is 0.398 e. The Morgan fingerprint density at radius 3 is 2.93 bits per heavy atom. The van der Waals surface area contributed by atoms with Crippen LogP contribution in [-0.4, -0.2) is 9.97 Å². The summed E-state index contributed by atoms with van der Waals surface area (Å²) in [5.41, 5.74) is 6.66. The van der Waals surface area contributed by atoms with Gasteiger partial charge in [-0.3, -0.25) is 0 Å². The Morgan fingerprint density at radius 2 is 2.29 bits per heavy atom. The van der Waals surface area contributed by atoms with Gasteiger partial charge in [0.15, 0.2) is 5.16 Å². The number of aromatic amines is 1. The van der Waals surface area contributed by atoms with Crippen LogP contribution < -0.4 is 5.73 Å². The van der Waals surface area contributed by atoms with E-state index in [-0.39, 0.29) is 0 Å². The Morgan fingerprint density at radius 1 is 1.43 bits per heavy atom. The zero-order valence-corrected chi connectivity index (χ0v) is 10.2. The zero-order valence-electron chi connectivity index (χ0n) is 7.20. The van der Waals surface area contributed by atoms with E-state index >= 15 is 0 Å². The van der Waals surface area contributed by atoms with Gasteiger partial charge in [0.25, 0.3) is 0 Å². The Labute approximate surface area is 99.6 Å². The summed E-state index contributed by atoms with van der Waals surface area (Å²) in [7, 11) is 0. The molecule has 5 heteroatoms. The molecule has 0 spiro atoms. The minimum Gasteiger partial charge on any atom is -0.398 e. The molecule has 0 amide bonds. The highest BCUT2D eigenvalue weighted by molar-refractivity contribution is 14.1. The van der Waals surface area contributed by atoms with Crippen LogP contribution in [0.5, 0.6) is 0 Å². The maximum absolute atomic E-state index is 5.87. The molecule has 2 aromatic rings. The molecule has 0 aliphatic rings. The average molecular weight is 317 g/mol. The van der Waals surface area contributed by atoms with E-state index in [0.717, 1.165) is 19.3 Å². The quantitative estimate of drug-likeness (QED) is 0.661. The van der Waals surface area contributed by atoms with Gasteiger partial charge in [-0.1, -0.05) is 0 Å². The first kappa shape index (κ1) is 9.85. The third-order valence-corrected chi connectivity index (χ3v) is 3.33. The monoisotopic (exact) mass is 317 g/mol. The van der Waals surface area contributed by atoms with Crippen LogP contribution in [0.25, 0.3) is 0 Å². The number of hydrogen-bond donors (Lipinski definition) is 2. The number of rotatable bonds is 2. The maximum Gasteiger partial charge on any atom is 0.170 e. The lowest BCUT2D eigenvalue weighted by molar-refractivity contribution is 1.06. The van der Waals surface area contributed by atoms with Gasteiger partial charge in [0, 0.05) is 26.5 Å². The molecule has 72 valence electrons. The summed E-state index contributed by atoms with van der Waals surface area (Å²) in [6, 6.07) is 5.98. The molecule has 0 aliphatic carbocycles. The average Bonchev–Trinajstić information content (AvgIpc) is 2.62. The van der Waals surface area contributed by atoms with Crippen molar-refractivity contribution in [1.82, 2.24) is 9.97 Å². The molecule has 0 atom stereocenters. The third-order valence-electron chi connectivity index (χ3n) is 1.65. The van der Waals surface area contributed by atoms with Crippen molar-refractivity contribution in [3.05, 3.63) is 34.2 Å². The van der Waals surface area contributed by atoms with Crippen LogP contribution in [0.2, 0.25) is 0 Å². The lowest BCUT2D eigenvalue weighted by atomic mass is 10.3. The fourth-order valence-electron chi connectivity index (χ4n) is 1.02. The highest BCUT2D eigenvalue weighted by Crippen LogP contribution is 2.30. The van der Waals surface area contributed by atoms with E-state index < -0.39 is 0 Å². The van der Waals surface area contributed by atoms with Crippen molar-refractivity contribution in [3.8, 4) is 0 Å². The van der Waals surface area contributed by atoms with E-state index in [1.54, 1.807) is 12.4 Å². The van der Waals surface area contributed by atoms with E-state index in [4.69, 9.17) is 5.73 Å². The number of nitrogen functional groups attached to an aromatic ring is 1. The number of hydrogen-bond acceptors (Lipinski definition) is 3. The lowest BCUT2D eigenvalue weighted by Crippen LogP contribution is -1.89. The molecule has 2 rings (SSSR count). The number of nitrogens with one attached hydrogen (secondary N) is 1. The number of imidazole rings is 1. The Balaban J connectivity index is 2.25. The number of H-pyrrole nitrogens is 1. The van der Waals surface area contributed by atoms with Crippen molar-refractivity contribution in [2.75, 3.05) is 5.73 Å². The fraction of sp³-hybridized carbons (Fsp3) is 0. The van der Waals surface area contributed by atoms with E-state index in [2.05, 4.69) is 32.6 Å². The van der Waals surface area contributed by atoms with Crippen molar-refractivity contribution in [3.63, 3.8) is 0 Å². The first-order valence-corrected chi connectivity index (χ1v) is 5.87. The van der Waals surface area contributed by atoms with E-state index in [0.29, 0.717) is 0 Å². The smallest absolute Gasteiger partial charge is 0.170 e. The van der Waals surface area contributed by atoms with Crippen molar-refractivity contribution in [2.45, 2.75) is 10.1 Å². The third kappa shape index (κ3) is 2.21. The number of halogens is 1. The molecule has 1 heterocycles. The van der Waals surface area contributed by atoms with Crippen LogP contribution in [0.3, 0.4) is 0 Å². The van der Waals surface area contributed by atoms with Gasteiger partial charge in [-0.15, -0.1) is 0 Å². The summed E-state index contributed by atoms with van der Waals surface area (Å²) in [4.78, 5) is 8.18. The van der Waals surface area contributed by atoms with E-state index in [9.17, 15) is 0 Å². The van der Waals surface area contributed by atoms with Crippen LogP contribution in [-0.2, 0) is 0 Å². The summed E-state index contributed by atoms with van der Waals surface area (Å²) in [6.45, 7) is 0. The number of nitrogens with two attached hydrogens (primary N) is 1. The fourth-order valence-corrected chi connectivity index (χ4v) is 2.30. The molecule has 0 saturated heterocycles. The maximum atomic E-state index is 5.87. The van der Waals surface area contributed by atoms with Gasteiger partial charge in [-0.2, -0.15) is 0 Å². The van der Waals surface area contributed by atoms with Crippen LogP contribution in [0.1, 0.15) is 0 Å². The second kappa shape index (κ2) is 4.22. The number of anilines is 1. The van der Waals surface area contributed by atoms with Crippen LogP contribution in [0.4, 0.5) is 5.69 Å². The van der Waals surface area contributed by atoms with Crippen LogP contribution in [0, 0.1) is 3.57 Å². The van der Waals surface area contributed by atoms with Gasteiger partial charge < -0.3 is 10.7 Å².